The van der Waals surface area contributed by atoms with Crippen LogP contribution in [0.1, 0.15) is 27.1 Å². The lowest BCUT2D eigenvalue weighted by molar-refractivity contribution is -0.145. The maximum Gasteiger partial charge on any atom is 0.337 e. The van der Waals surface area contributed by atoms with Crippen molar-refractivity contribution in [3.05, 3.63) is 29.3 Å². The van der Waals surface area contributed by atoms with Crippen LogP contribution in [0.5, 0.6) is 0 Å². The molecular formula is C14H13NO7. The Bertz CT molecular complexity index is 667. The van der Waals surface area contributed by atoms with Gasteiger partial charge in [0.1, 0.15) is 0 Å². The van der Waals surface area contributed by atoms with Crippen molar-refractivity contribution in [3.63, 3.8) is 0 Å². The summed E-state index contributed by atoms with van der Waals surface area (Å²) in [5, 5.41) is 18.2. The summed E-state index contributed by atoms with van der Waals surface area (Å²) < 4.78 is 4.58. The molecule has 1 aromatic rings. The number of hydrogen-bond acceptors (Lipinski definition) is 5. The molecule has 8 nitrogen and oxygen atoms in total. The van der Waals surface area contributed by atoms with Crippen molar-refractivity contribution in [2.45, 2.75) is 6.42 Å². The molecule has 1 unspecified atom stereocenters. The summed E-state index contributed by atoms with van der Waals surface area (Å²) in [6.45, 7) is -0.0468. The number of methoxy groups -OCH3 is 1. The van der Waals surface area contributed by atoms with Crippen LogP contribution in [0, 0.1) is 5.92 Å². The van der Waals surface area contributed by atoms with E-state index in [-0.39, 0.29) is 29.8 Å². The molecule has 1 atom stereocenters. The van der Waals surface area contributed by atoms with E-state index in [0.29, 0.717) is 0 Å². The minimum atomic E-state index is -1.29. The number of carbonyl (C=O) groups excluding carboxylic acids is 2. The lowest BCUT2D eigenvalue weighted by Gasteiger charge is -2.19. The lowest BCUT2D eigenvalue weighted by atomic mass is 10.1. The van der Waals surface area contributed by atoms with Gasteiger partial charge in [0.05, 0.1) is 29.8 Å². The second-order valence-electron chi connectivity index (χ2n) is 4.77. The second-order valence-corrected chi connectivity index (χ2v) is 4.77. The van der Waals surface area contributed by atoms with Crippen molar-refractivity contribution in [1.82, 2.24) is 0 Å². The molecule has 116 valence electrons. The zero-order chi connectivity index (χ0) is 16.4. The van der Waals surface area contributed by atoms with Crippen LogP contribution >= 0.6 is 0 Å². The predicted molar refractivity (Wildman–Crippen MR) is 72.8 cm³/mol. The average Bonchev–Trinajstić information content (AvgIpc) is 2.87. The van der Waals surface area contributed by atoms with Gasteiger partial charge in [0.25, 0.3) is 0 Å². The molecule has 1 heterocycles. The molecule has 2 N–H and O–H groups in total. The number of carboxylic acid groups (broad SMARTS) is 2. The van der Waals surface area contributed by atoms with Gasteiger partial charge in [0.2, 0.25) is 5.91 Å². The fraction of sp³-hybridized carbons (Fsp3) is 0.286. The summed E-state index contributed by atoms with van der Waals surface area (Å²) in [5.74, 6) is -4.26. The first-order chi connectivity index (χ1) is 10.3. The highest BCUT2D eigenvalue weighted by Crippen LogP contribution is 2.30. The Morgan fingerprint density at radius 2 is 1.91 bits per heavy atom. The van der Waals surface area contributed by atoms with Crippen molar-refractivity contribution >= 4 is 29.5 Å². The Hall–Kier alpha value is -2.90. The molecule has 8 heteroatoms. The number of rotatable bonds is 4. The molecule has 1 aromatic carbocycles. The summed E-state index contributed by atoms with van der Waals surface area (Å²) in [5.41, 5.74) is -0.387. The molecule has 0 aromatic heterocycles. The molecule has 1 aliphatic heterocycles. The molecule has 1 fully saturated rings. The van der Waals surface area contributed by atoms with Gasteiger partial charge in [-0.15, -0.1) is 0 Å². The summed E-state index contributed by atoms with van der Waals surface area (Å²) in [6.07, 6.45) is -0.108. The van der Waals surface area contributed by atoms with Gasteiger partial charge >= 0.3 is 17.9 Å². The highest BCUT2D eigenvalue weighted by Gasteiger charge is 2.37. The van der Waals surface area contributed by atoms with E-state index in [1.807, 2.05) is 0 Å². The SMILES string of the molecule is COC(=O)C1CC(=O)N(c2cc(C(=O)O)ccc2C(=O)O)C1. The fourth-order valence-corrected chi connectivity index (χ4v) is 2.33. The van der Waals surface area contributed by atoms with Gasteiger partial charge in [-0.1, -0.05) is 0 Å². The molecule has 0 radical (unpaired) electrons. The zero-order valence-electron chi connectivity index (χ0n) is 11.6. The quantitative estimate of drug-likeness (QED) is 0.781. The number of amides is 1. The van der Waals surface area contributed by atoms with Crippen molar-refractivity contribution in [1.29, 1.82) is 0 Å². The molecule has 1 amide bonds. The van der Waals surface area contributed by atoms with Crippen LogP contribution in [0.15, 0.2) is 18.2 Å². The van der Waals surface area contributed by atoms with Gasteiger partial charge in [-0.05, 0) is 18.2 Å². The minimum Gasteiger partial charge on any atom is -0.478 e. The average molecular weight is 307 g/mol. The largest absolute Gasteiger partial charge is 0.478 e. The van der Waals surface area contributed by atoms with Crippen molar-refractivity contribution < 1.29 is 34.1 Å². The Morgan fingerprint density at radius 1 is 1.23 bits per heavy atom. The second kappa shape index (κ2) is 5.84. The molecule has 1 aliphatic rings. The molecule has 0 aliphatic carbocycles. The third-order valence-corrected chi connectivity index (χ3v) is 3.43. The zero-order valence-corrected chi connectivity index (χ0v) is 11.6. The first kappa shape index (κ1) is 15.5. The number of ether oxygens (including phenoxy) is 1. The van der Waals surface area contributed by atoms with E-state index in [4.69, 9.17) is 5.11 Å². The van der Waals surface area contributed by atoms with Gasteiger partial charge < -0.3 is 19.8 Å². The number of hydrogen-bond donors (Lipinski definition) is 2. The van der Waals surface area contributed by atoms with Crippen LogP contribution in [0.3, 0.4) is 0 Å². The molecular weight excluding hydrogens is 294 g/mol. The normalized spacial score (nSPS) is 17.4. The van der Waals surface area contributed by atoms with Crippen molar-refractivity contribution in [3.8, 4) is 0 Å². The topological polar surface area (TPSA) is 121 Å². The number of benzene rings is 1. The van der Waals surface area contributed by atoms with Crippen LogP contribution in [-0.4, -0.2) is 47.7 Å². The fourth-order valence-electron chi connectivity index (χ4n) is 2.33. The van der Waals surface area contributed by atoms with Crippen LogP contribution in [0.25, 0.3) is 0 Å². The summed E-state index contributed by atoms with van der Waals surface area (Å²) in [7, 11) is 1.20. The standard InChI is InChI=1S/C14H13NO7/c1-22-14(21)8-5-11(16)15(6-8)10-4-7(12(17)18)2-3-9(10)13(19)20/h2-4,8H,5-6H2,1H3,(H,17,18)(H,19,20). The third kappa shape index (κ3) is 2.76. The maximum atomic E-state index is 12.0. The van der Waals surface area contributed by atoms with E-state index in [9.17, 15) is 24.3 Å². The Balaban J connectivity index is 2.44. The highest BCUT2D eigenvalue weighted by atomic mass is 16.5. The first-order valence-corrected chi connectivity index (χ1v) is 6.34. The Morgan fingerprint density at radius 3 is 2.45 bits per heavy atom. The highest BCUT2D eigenvalue weighted by molar-refractivity contribution is 6.06. The number of esters is 1. The molecule has 1 saturated heterocycles. The molecule has 0 saturated carbocycles. The van der Waals surface area contributed by atoms with Crippen molar-refractivity contribution in [2.24, 2.45) is 5.92 Å². The van der Waals surface area contributed by atoms with Crippen LogP contribution < -0.4 is 4.90 Å². The van der Waals surface area contributed by atoms with Gasteiger partial charge in [-0.3, -0.25) is 9.59 Å². The summed E-state index contributed by atoms with van der Waals surface area (Å²) in [6, 6.07) is 3.39. The molecule has 0 bridgehead atoms. The predicted octanol–water partition coefficient (Wildman–Crippen LogP) is 0.609. The molecule has 2 rings (SSSR count). The van der Waals surface area contributed by atoms with Crippen molar-refractivity contribution in [2.75, 3.05) is 18.6 Å². The smallest absolute Gasteiger partial charge is 0.337 e. The van der Waals surface area contributed by atoms with E-state index >= 15 is 0 Å². The van der Waals surface area contributed by atoms with E-state index in [0.717, 1.165) is 23.1 Å². The summed E-state index contributed by atoms with van der Waals surface area (Å²) >= 11 is 0. The molecule has 0 spiro atoms. The number of anilines is 1. The Labute approximate surface area is 124 Å². The van der Waals surface area contributed by atoms with Crippen LogP contribution in [0.4, 0.5) is 5.69 Å². The van der Waals surface area contributed by atoms with Gasteiger partial charge in [0.15, 0.2) is 0 Å². The van der Waals surface area contributed by atoms with E-state index in [1.165, 1.54) is 7.11 Å². The Kier molecular flexibility index (Phi) is 4.11. The molecule has 22 heavy (non-hydrogen) atoms. The lowest BCUT2D eigenvalue weighted by Crippen LogP contribution is -2.28. The maximum absolute atomic E-state index is 12.0. The van der Waals surface area contributed by atoms with Gasteiger partial charge in [-0.2, -0.15) is 0 Å². The number of carbonyl (C=O) groups is 4. The third-order valence-electron chi connectivity index (χ3n) is 3.43. The van der Waals surface area contributed by atoms with E-state index < -0.39 is 29.7 Å². The number of aromatic carboxylic acids is 2. The monoisotopic (exact) mass is 307 g/mol. The van der Waals surface area contributed by atoms with E-state index in [2.05, 4.69) is 4.74 Å². The van der Waals surface area contributed by atoms with Gasteiger partial charge in [0, 0.05) is 13.0 Å². The minimum absolute atomic E-state index is 0.0381. The van der Waals surface area contributed by atoms with E-state index in [1.54, 1.807) is 0 Å². The summed E-state index contributed by atoms with van der Waals surface area (Å²) in [4.78, 5) is 47.0. The van der Waals surface area contributed by atoms with Crippen LogP contribution in [0.2, 0.25) is 0 Å². The first-order valence-electron chi connectivity index (χ1n) is 6.34. The number of nitrogens with zero attached hydrogens (tertiary/aromatic N) is 1. The number of carboxylic acids is 2. The van der Waals surface area contributed by atoms with Gasteiger partial charge in [-0.25, -0.2) is 9.59 Å². The van der Waals surface area contributed by atoms with Crippen LogP contribution in [-0.2, 0) is 14.3 Å².